The highest BCUT2D eigenvalue weighted by atomic mass is 16.2. The molecule has 1 aliphatic heterocycles. The highest BCUT2D eigenvalue weighted by Crippen LogP contribution is 2.28. The molecule has 1 amide bonds. The Balaban J connectivity index is 1.45. The number of carbonyl (C=O) groups is 1. The van der Waals surface area contributed by atoms with E-state index in [2.05, 4.69) is 18.7 Å². The summed E-state index contributed by atoms with van der Waals surface area (Å²) in [6, 6.07) is 7.86. The van der Waals surface area contributed by atoms with Crippen molar-refractivity contribution >= 4 is 22.8 Å². The van der Waals surface area contributed by atoms with Crippen molar-refractivity contribution in [2.75, 3.05) is 31.1 Å². The Morgan fingerprint density at radius 2 is 1.80 bits per heavy atom. The molecule has 0 bridgehead atoms. The van der Waals surface area contributed by atoms with Gasteiger partial charge in [-0.15, -0.1) is 0 Å². The summed E-state index contributed by atoms with van der Waals surface area (Å²) in [7, 11) is 0. The fourth-order valence-corrected chi connectivity index (χ4v) is 4.88. The Morgan fingerprint density at radius 3 is 2.50 bits per heavy atom. The molecule has 2 fully saturated rings. The van der Waals surface area contributed by atoms with Gasteiger partial charge in [0.15, 0.2) is 5.82 Å². The topological polar surface area (TPSA) is 58.4 Å². The van der Waals surface area contributed by atoms with Crippen LogP contribution < -0.4 is 10.5 Å². The lowest BCUT2D eigenvalue weighted by Crippen LogP contribution is -2.50. The van der Waals surface area contributed by atoms with Crippen molar-refractivity contribution in [2.24, 2.45) is 11.8 Å². The summed E-state index contributed by atoms with van der Waals surface area (Å²) in [5.74, 6) is 1.91. The predicted octanol–water partition coefficient (Wildman–Crippen LogP) is 3.67. The van der Waals surface area contributed by atoms with Crippen LogP contribution in [0.5, 0.6) is 0 Å². The third-order valence-electron chi connectivity index (χ3n) is 6.56. The number of anilines is 1. The van der Waals surface area contributed by atoms with Gasteiger partial charge in [0.25, 0.3) is 5.56 Å². The Kier molecular flexibility index (Phi) is 6.40. The van der Waals surface area contributed by atoms with Gasteiger partial charge in [-0.1, -0.05) is 51.7 Å². The minimum absolute atomic E-state index is 0.0246. The van der Waals surface area contributed by atoms with Crippen molar-refractivity contribution < 1.29 is 4.79 Å². The van der Waals surface area contributed by atoms with Crippen LogP contribution in [0.4, 0.5) is 5.82 Å². The first kappa shape index (κ1) is 20.9. The van der Waals surface area contributed by atoms with Gasteiger partial charge < -0.3 is 14.4 Å². The molecule has 6 nitrogen and oxygen atoms in total. The van der Waals surface area contributed by atoms with Crippen molar-refractivity contribution in [2.45, 2.75) is 58.9 Å². The van der Waals surface area contributed by atoms with E-state index in [9.17, 15) is 9.59 Å². The van der Waals surface area contributed by atoms with Gasteiger partial charge in [-0.3, -0.25) is 9.59 Å². The quantitative estimate of drug-likeness (QED) is 0.729. The number of rotatable bonds is 6. The van der Waals surface area contributed by atoms with E-state index in [1.165, 1.54) is 25.7 Å². The Labute approximate surface area is 178 Å². The monoisotopic (exact) mass is 410 g/mol. The Morgan fingerprint density at radius 1 is 1.10 bits per heavy atom. The van der Waals surface area contributed by atoms with Crippen molar-refractivity contribution in [3.8, 4) is 0 Å². The molecule has 1 aromatic heterocycles. The molecule has 0 unspecified atom stereocenters. The maximum Gasteiger partial charge on any atom is 0.294 e. The largest absolute Gasteiger partial charge is 0.348 e. The maximum atomic E-state index is 13.3. The molecule has 2 aromatic rings. The van der Waals surface area contributed by atoms with E-state index in [4.69, 9.17) is 4.98 Å². The van der Waals surface area contributed by atoms with Crippen molar-refractivity contribution in [1.29, 1.82) is 0 Å². The van der Waals surface area contributed by atoms with Gasteiger partial charge in [0, 0.05) is 39.1 Å². The van der Waals surface area contributed by atoms with Gasteiger partial charge in [-0.05, 0) is 30.4 Å². The molecule has 162 valence electrons. The first-order chi connectivity index (χ1) is 14.5. The van der Waals surface area contributed by atoms with Crippen LogP contribution in [0.3, 0.4) is 0 Å². The number of nitrogens with zero attached hydrogens (tertiary/aromatic N) is 4. The van der Waals surface area contributed by atoms with Gasteiger partial charge in [0.2, 0.25) is 5.91 Å². The lowest BCUT2D eigenvalue weighted by molar-refractivity contribution is -0.131. The summed E-state index contributed by atoms with van der Waals surface area (Å²) in [5, 5.41) is 0. The Hall–Kier alpha value is -2.37. The summed E-state index contributed by atoms with van der Waals surface area (Å²) in [6.07, 6.45) is 6.93. The summed E-state index contributed by atoms with van der Waals surface area (Å²) >= 11 is 0. The van der Waals surface area contributed by atoms with Gasteiger partial charge in [0.05, 0.1) is 11.0 Å². The number of hydrogen-bond acceptors (Lipinski definition) is 4. The van der Waals surface area contributed by atoms with Crippen LogP contribution >= 0.6 is 0 Å². The average molecular weight is 411 g/mol. The molecule has 0 N–H and O–H groups in total. The third kappa shape index (κ3) is 4.52. The molecule has 0 atom stereocenters. The molecule has 6 heteroatoms. The molecule has 0 spiro atoms. The number of carbonyl (C=O) groups excluding carboxylic acids is 1. The molecule has 4 rings (SSSR count). The number of aromatic nitrogens is 2. The number of fused-ring (bicyclic) bond motifs is 1. The van der Waals surface area contributed by atoms with Crippen LogP contribution in [0.15, 0.2) is 29.1 Å². The first-order valence-corrected chi connectivity index (χ1v) is 11.5. The molecule has 1 aromatic carbocycles. The first-order valence-electron chi connectivity index (χ1n) is 11.5. The van der Waals surface area contributed by atoms with Gasteiger partial charge in [-0.2, -0.15) is 0 Å². The average Bonchev–Trinajstić information content (AvgIpc) is 3.27. The Bertz CT molecular complexity index is 938. The second kappa shape index (κ2) is 9.19. The van der Waals surface area contributed by atoms with Crippen LogP contribution in [0.1, 0.15) is 52.4 Å². The zero-order valence-corrected chi connectivity index (χ0v) is 18.3. The van der Waals surface area contributed by atoms with E-state index in [1.807, 2.05) is 33.7 Å². The maximum absolute atomic E-state index is 13.3. The molecule has 0 radical (unpaired) electrons. The summed E-state index contributed by atoms with van der Waals surface area (Å²) in [6.45, 7) is 7.58. The van der Waals surface area contributed by atoms with Crippen LogP contribution in [0.2, 0.25) is 0 Å². The number of hydrogen-bond donors (Lipinski definition) is 0. The molecule has 1 saturated carbocycles. The van der Waals surface area contributed by atoms with E-state index < -0.39 is 0 Å². The molecule has 1 saturated heterocycles. The van der Waals surface area contributed by atoms with Gasteiger partial charge in [0.1, 0.15) is 0 Å². The van der Waals surface area contributed by atoms with E-state index in [-0.39, 0.29) is 11.5 Å². The SMILES string of the molecule is CC(C)Cn1c(=O)c(N2CCN(C(=O)CCC3CCCC3)CC2)nc2ccccc21. The minimum atomic E-state index is -0.0246. The molecular formula is C24H34N4O2. The van der Waals surface area contributed by atoms with E-state index >= 15 is 0 Å². The molecule has 30 heavy (non-hydrogen) atoms. The van der Waals surface area contributed by atoms with Crippen LogP contribution in [-0.2, 0) is 11.3 Å². The molecule has 2 aliphatic rings. The molecule has 2 heterocycles. The van der Waals surface area contributed by atoms with Crippen molar-refractivity contribution in [3.63, 3.8) is 0 Å². The van der Waals surface area contributed by atoms with Crippen LogP contribution in [0, 0.1) is 11.8 Å². The summed E-state index contributed by atoms with van der Waals surface area (Å²) in [4.78, 5) is 34.6. The van der Waals surface area contributed by atoms with Crippen molar-refractivity contribution in [3.05, 3.63) is 34.6 Å². The summed E-state index contributed by atoms with van der Waals surface area (Å²) < 4.78 is 1.86. The molecular weight excluding hydrogens is 376 g/mol. The number of piperazine rings is 1. The number of amides is 1. The molecule has 1 aliphatic carbocycles. The second-order valence-electron chi connectivity index (χ2n) is 9.29. The van der Waals surface area contributed by atoms with Gasteiger partial charge in [-0.25, -0.2) is 4.98 Å². The number of para-hydroxylation sites is 2. The summed E-state index contributed by atoms with van der Waals surface area (Å²) in [5.41, 5.74) is 1.71. The zero-order valence-electron chi connectivity index (χ0n) is 18.3. The fraction of sp³-hybridized carbons (Fsp3) is 0.625. The standard InChI is InChI=1S/C24H34N4O2/c1-18(2)17-28-21-10-6-5-9-20(21)25-23(24(28)30)27-15-13-26(14-16-27)22(29)12-11-19-7-3-4-8-19/h5-6,9-10,18-19H,3-4,7-8,11-17H2,1-2H3. The lowest BCUT2D eigenvalue weighted by Gasteiger charge is -2.35. The fourth-order valence-electron chi connectivity index (χ4n) is 4.88. The van der Waals surface area contributed by atoms with Crippen LogP contribution in [0.25, 0.3) is 11.0 Å². The third-order valence-corrected chi connectivity index (χ3v) is 6.56. The normalized spacial score (nSPS) is 18.0. The smallest absolute Gasteiger partial charge is 0.294 e. The zero-order chi connectivity index (χ0) is 21.1. The van der Waals surface area contributed by atoms with E-state index in [0.29, 0.717) is 50.9 Å². The lowest BCUT2D eigenvalue weighted by atomic mass is 10.0. The highest BCUT2D eigenvalue weighted by Gasteiger charge is 2.25. The minimum Gasteiger partial charge on any atom is -0.348 e. The second-order valence-corrected chi connectivity index (χ2v) is 9.29. The van der Waals surface area contributed by atoms with E-state index in [1.54, 1.807) is 0 Å². The van der Waals surface area contributed by atoms with Gasteiger partial charge >= 0.3 is 0 Å². The van der Waals surface area contributed by atoms with Crippen molar-refractivity contribution in [1.82, 2.24) is 14.5 Å². The highest BCUT2D eigenvalue weighted by molar-refractivity contribution is 5.77. The number of benzene rings is 1. The predicted molar refractivity (Wildman–Crippen MR) is 121 cm³/mol. The van der Waals surface area contributed by atoms with E-state index in [0.717, 1.165) is 23.4 Å². The van der Waals surface area contributed by atoms with Crippen LogP contribution in [-0.4, -0.2) is 46.5 Å².